The third-order valence-corrected chi connectivity index (χ3v) is 3.34. The fourth-order valence-electron chi connectivity index (χ4n) is 2.08. The molecule has 0 bridgehead atoms. The molecule has 0 saturated carbocycles. The van der Waals surface area contributed by atoms with Gasteiger partial charge in [0.2, 0.25) is 5.91 Å². The molecule has 1 aliphatic heterocycles. The molecule has 19 heavy (non-hydrogen) atoms. The zero-order chi connectivity index (χ0) is 14.3. The molecule has 0 aliphatic carbocycles. The van der Waals surface area contributed by atoms with E-state index in [1.807, 2.05) is 6.92 Å². The van der Waals surface area contributed by atoms with Crippen molar-refractivity contribution in [2.24, 2.45) is 0 Å². The summed E-state index contributed by atoms with van der Waals surface area (Å²) in [5.41, 5.74) is 0. The first-order valence-corrected chi connectivity index (χ1v) is 6.44. The number of amides is 1. The average Bonchev–Trinajstić information content (AvgIpc) is 2.42. The Balaban J connectivity index is 2.30. The topological polar surface area (TPSA) is 72.9 Å². The number of hydrogen-bond donors (Lipinski definition) is 2. The molecule has 0 aromatic rings. The minimum atomic E-state index is -0.774. The predicted molar refractivity (Wildman–Crippen MR) is 71.6 cm³/mol. The lowest BCUT2D eigenvalue weighted by molar-refractivity contribution is -0.137. The van der Waals surface area contributed by atoms with E-state index < -0.39 is 5.97 Å². The fourth-order valence-corrected chi connectivity index (χ4v) is 2.08. The van der Waals surface area contributed by atoms with Crippen LogP contribution < -0.4 is 5.32 Å². The number of carboxylic acids is 1. The molecule has 1 rings (SSSR count). The number of aliphatic carboxylic acids is 1. The van der Waals surface area contributed by atoms with Crippen LogP contribution in [0.25, 0.3) is 0 Å². The molecule has 1 atom stereocenters. The minimum absolute atomic E-state index is 0.0584. The number of carbonyl (C=O) groups excluding carboxylic acids is 1. The highest BCUT2D eigenvalue weighted by Crippen LogP contribution is 2.07. The summed E-state index contributed by atoms with van der Waals surface area (Å²) >= 11 is 0. The van der Waals surface area contributed by atoms with Crippen molar-refractivity contribution < 1.29 is 14.7 Å². The number of piperazine rings is 1. The van der Waals surface area contributed by atoms with Gasteiger partial charge < -0.3 is 15.3 Å². The SMILES string of the molecule is C#CCNC(=O)C(C)N1CCN(CCC(=O)O)CC1. The van der Waals surface area contributed by atoms with Crippen LogP contribution in [0.4, 0.5) is 0 Å². The van der Waals surface area contributed by atoms with Gasteiger partial charge in [0.15, 0.2) is 0 Å². The number of carbonyl (C=O) groups is 2. The van der Waals surface area contributed by atoms with Crippen LogP contribution in [0.15, 0.2) is 0 Å². The van der Waals surface area contributed by atoms with Gasteiger partial charge in [-0.15, -0.1) is 6.42 Å². The zero-order valence-electron chi connectivity index (χ0n) is 11.3. The lowest BCUT2D eigenvalue weighted by Crippen LogP contribution is -2.54. The van der Waals surface area contributed by atoms with E-state index in [4.69, 9.17) is 11.5 Å². The minimum Gasteiger partial charge on any atom is -0.481 e. The molecule has 0 aromatic carbocycles. The maximum Gasteiger partial charge on any atom is 0.304 e. The number of carboxylic acid groups (broad SMARTS) is 1. The molecule has 106 valence electrons. The van der Waals surface area contributed by atoms with E-state index in [1.54, 1.807) is 0 Å². The van der Waals surface area contributed by atoms with Crippen LogP contribution in [0.2, 0.25) is 0 Å². The number of terminal acetylenes is 1. The maximum absolute atomic E-state index is 11.8. The van der Waals surface area contributed by atoms with Crippen molar-refractivity contribution in [3.8, 4) is 12.3 Å². The van der Waals surface area contributed by atoms with Crippen molar-refractivity contribution in [1.82, 2.24) is 15.1 Å². The number of nitrogens with one attached hydrogen (secondary N) is 1. The Morgan fingerprint density at radius 3 is 2.53 bits per heavy atom. The molecular formula is C13H21N3O3. The molecule has 0 spiro atoms. The number of nitrogens with zero attached hydrogens (tertiary/aromatic N) is 2. The third-order valence-electron chi connectivity index (χ3n) is 3.34. The summed E-state index contributed by atoms with van der Waals surface area (Å²) in [6, 6.07) is -0.199. The van der Waals surface area contributed by atoms with Crippen molar-refractivity contribution in [2.75, 3.05) is 39.3 Å². The predicted octanol–water partition coefficient (Wildman–Crippen LogP) is -0.783. The van der Waals surface area contributed by atoms with E-state index in [0.29, 0.717) is 6.54 Å². The van der Waals surface area contributed by atoms with Gasteiger partial charge in [0.05, 0.1) is 19.0 Å². The molecule has 1 amide bonds. The summed E-state index contributed by atoms with van der Waals surface area (Å²) < 4.78 is 0. The van der Waals surface area contributed by atoms with Gasteiger partial charge in [-0.25, -0.2) is 0 Å². The Kier molecular flexibility index (Phi) is 6.33. The highest BCUT2D eigenvalue weighted by atomic mass is 16.4. The summed E-state index contributed by atoms with van der Waals surface area (Å²) in [7, 11) is 0. The van der Waals surface area contributed by atoms with Gasteiger partial charge in [0, 0.05) is 32.7 Å². The summed E-state index contributed by atoms with van der Waals surface area (Å²) in [5.74, 6) is 1.54. The van der Waals surface area contributed by atoms with Gasteiger partial charge in [-0.2, -0.15) is 0 Å². The average molecular weight is 267 g/mol. The standard InChI is InChI=1S/C13H21N3O3/c1-3-5-14-13(19)11(2)16-9-7-15(8-10-16)6-4-12(17)18/h1,11H,4-10H2,2H3,(H,14,19)(H,17,18). The van der Waals surface area contributed by atoms with E-state index in [-0.39, 0.29) is 24.9 Å². The van der Waals surface area contributed by atoms with E-state index >= 15 is 0 Å². The first-order chi connectivity index (χ1) is 9.04. The van der Waals surface area contributed by atoms with E-state index in [1.165, 1.54) is 0 Å². The second-order valence-corrected chi connectivity index (χ2v) is 4.62. The van der Waals surface area contributed by atoms with Crippen molar-refractivity contribution in [3.63, 3.8) is 0 Å². The molecular weight excluding hydrogens is 246 g/mol. The summed E-state index contributed by atoms with van der Waals surface area (Å²) in [5, 5.41) is 11.3. The molecule has 2 N–H and O–H groups in total. The first-order valence-electron chi connectivity index (χ1n) is 6.44. The second-order valence-electron chi connectivity index (χ2n) is 4.62. The fraction of sp³-hybridized carbons (Fsp3) is 0.692. The Morgan fingerprint density at radius 1 is 1.37 bits per heavy atom. The van der Waals surface area contributed by atoms with E-state index in [2.05, 4.69) is 21.0 Å². The lowest BCUT2D eigenvalue weighted by atomic mass is 10.2. The second kappa shape index (κ2) is 7.77. The summed E-state index contributed by atoms with van der Waals surface area (Å²) in [6.07, 6.45) is 5.26. The Labute approximate surface area is 113 Å². The van der Waals surface area contributed by atoms with E-state index in [0.717, 1.165) is 26.2 Å². The summed E-state index contributed by atoms with van der Waals surface area (Å²) in [4.78, 5) is 26.5. The highest BCUT2D eigenvalue weighted by Gasteiger charge is 2.25. The Bertz CT molecular complexity index is 357. The molecule has 1 heterocycles. The van der Waals surface area contributed by atoms with Crippen molar-refractivity contribution >= 4 is 11.9 Å². The third kappa shape index (κ3) is 5.28. The van der Waals surface area contributed by atoms with Gasteiger partial charge >= 0.3 is 5.97 Å². The highest BCUT2D eigenvalue weighted by molar-refractivity contribution is 5.81. The van der Waals surface area contributed by atoms with Gasteiger partial charge in [0.25, 0.3) is 0 Å². The normalized spacial score (nSPS) is 18.5. The molecule has 1 fully saturated rings. The van der Waals surface area contributed by atoms with Gasteiger partial charge in [-0.1, -0.05) is 5.92 Å². The van der Waals surface area contributed by atoms with Crippen LogP contribution in [-0.2, 0) is 9.59 Å². The zero-order valence-corrected chi connectivity index (χ0v) is 11.3. The molecule has 1 unspecified atom stereocenters. The quantitative estimate of drug-likeness (QED) is 0.618. The van der Waals surface area contributed by atoms with Crippen LogP contribution >= 0.6 is 0 Å². The summed E-state index contributed by atoms with van der Waals surface area (Å²) in [6.45, 7) is 5.80. The van der Waals surface area contributed by atoms with Crippen LogP contribution in [0, 0.1) is 12.3 Å². The smallest absolute Gasteiger partial charge is 0.304 e. The van der Waals surface area contributed by atoms with Crippen LogP contribution in [-0.4, -0.2) is 72.1 Å². The van der Waals surface area contributed by atoms with Gasteiger partial charge in [0.1, 0.15) is 0 Å². The van der Waals surface area contributed by atoms with Gasteiger partial charge in [-0.3, -0.25) is 14.5 Å². The molecule has 1 aliphatic rings. The number of rotatable bonds is 6. The maximum atomic E-state index is 11.8. The molecule has 6 heteroatoms. The monoisotopic (exact) mass is 267 g/mol. The Morgan fingerprint density at radius 2 is 2.00 bits per heavy atom. The molecule has 1 saturated heterocycles. The number of hydrogen-bond acceptors (Lipinski definition) is 4. The Hall–Kier alpha value is -1.58. The lowest BCUT2D eigenvalue weighted by Gasteiger charge is -2.37. The van der Waals surface area contributed by atoms with Crippen LogP contribution in [0.3, 0.4) is 0 Å². The van der Waals surface area contributed by atoms with Crippen molar-refractivity contribution in [2.45, 2.75) is 19.4 Å². The largest absolute Gasteiger partial charge is 0.481 e. The van der Waals surface area contributed by atoms with Crippen molar-refractivity contribution in [1.29, 1.82) is 0 Å². The van der Waals surface area contributed by atoms with Crippen LogP contribution in [0.5, 0.6) is 0 Å². The van der Waals surface area contributed by atoms with Crippen molar-refractivity contribution in [3.05, 3.63) is 0 Å². The molecule has 0 aromatic heterocycles. The molecule has 0 radical (unpaired) electrons. The van der Waals surface area contributed by atoms with Crippen LogP contribution in [0.1, 0.15) is 13.3 Å². The van der Waals surface area contributed by atoms with E-state index in [9.17, 15) is 9.59 Å². The van der Waals surface area contributed by atoms with Gasteiger partial charge in [-0.05, 0) is 6.92 Å². The first kappa shape index (κ1) is 15.5. The molecule has 6 nitrogen and oxygen atoms in total.